The number of carbonyl (C=O) groups excluding carboxylic acids is 1. The molecule has 2 fully saturated rings. The largest absolute Gasteiger partial charge is 0.481 e. The average molecular weight is 368 g/mol. The number of hydrogen-bond acceptors (Lipinski definition) is 7. The van der Waals surface area contributed by atoms with Crippen molar-refractivity contribution in [1.82, 2.24) is 10.2 Å². The summed E-state index contributed by atoms with van der Waals surface area (Å²) >= 11 is 0. The zero-order valence-corrected chi connectivity index (χ0v) is 15.0. The van der Waals surface area contributed by atoms with E-state index in [-0.39, 0.29) is 19.1 Å². The molecular formula is C16H24N4O4S. The zero-order valence-electron chi connectivity index (χ0n) is 14.1. The Morgan fingerprint density at radius 2 is 2.00 bits per heavy atom. The van der Waals surface area contributed by atoms with E-state index in [2.05, 4.69) is 25.7 Å². The van der Waals surface area contributed by atoms with Gasteiger partial charge in [-0.15, -0.1) is 10.2 Å². The molecule has 2 N–H and O–H groups in total. The van der Waals surface area contributed by atoms with Crippen LogP contribution in [0, 0.1) is 5.92 Å². The Morgan fingerprint density at radius 1 is 1.28 bits per heavy atom. The molecule has 1 unspecified atom stereocenters. The van der Waals surface area contributed by atoms with E-state index in [0.29, 0.717) is 5.92 Å². The van der Waals surface area contributed by atoms with Gasteiger partial charge in [0.05, 0.1) is 19.1 Å². The van der Waals surface area contributed by atoms with E-state index in [1.165, 1.54) is 0 Å². The topological polar surface area (TPSA) is 104 Å². The first kappa shape index (κ1) is 18.3. The fraction of sp³-hybridized carbons (Fsp3) is 0.750. The quantitative estimate of drug-likeness (QED) is 0.701. The number of carboxylic acid groups (broad SMARTS) is 1. The predicted molar refractivity (Wildman–Crippen MR) is 96.5 cm³/mol. The van der Waals surface area contributed by atoms with E-state index in [9.17, 15) is 9.59 Å². The number of carboxylic acids is 1. The fourth-order valence-electron chi connectivity index (χ4n) is 3.38. The summed E-state index contributed by atoms with van der Waals surface area (Å²) in [4.78, 5) is 24.2. The Labute approximate surface area is 149 Å². The third-order valence-electron chi connectivity index (χ3n) is 4.78. The predicted octanol–water partition coefficient (Wildman–Crippen LogP) is 0.961. The van der Waals surface area contributed by atoms with Crippen molar-refractivity contribution in [1.29, 1.82) is 0 Å². The van der Waals surface area contributed by atoms with E-state index in [1.807, 2.05) is 0 Å². The summed E-state index contributed by atoms with van der Waals surface area (Å²) in [6.07, 6.45) is 3.70. The van der Waals surface area contributed by atoms with Crippen LogP contribution in [0.3, 0.4) is 0 Å². The van der Waals surface area contributed by atoms with Gasteiger partial charge < -0.3 is 20.1 Å². The van der Waals surface area contributed by atoms with Gasteiger partial charge in [0.1, 0.15) is 5.04 Å². The number of amidine groups is 1. The molecule has 8 nitrogen and oxygen atoms in total. The van der Waals surface area contributed by atoms with Crippen LogP contribution in [0.25, 0.3) is 0 Å². The van der Waals surface area contributed by atoms with Crippen LogP contribution >= 0.6 is 10.5 Å². The van der Waals surface area contributed by atoms with Crippen molar-refractivity contribution in [2.45, 2.75) is 38.2 Å². The molecule has 25 heavy (non-hydrogen) atoms. The first-order valence-corrected chi connectivity index (χ1v) is 9.98. The third kappa shape index (κ3) is 4.55. The molecule has 1 atom stereocenters. The maximum absolute atomic E-state index is 11.6. The molecule has 0 aliphatic carbocycles. The number of hydrogen-bond donors (Lipinski definition) is 2. The summed E-state index contributed by atoms with van der Waals surface area (Å²) in [6.45, 7) is 3.65. The molecule has 0 bridgehead atoms. The average Bonchev–Trinajstić information content (AvgIpc) is 3.07. The van der Waals surface area contributed by atoms with Crippen LogP contribution in [0.15, 0.2) is 10.2 Å². The van der Waals surface area contributed by atoms with Crippen LogP contribution < -0.4 is 5.32 Å². The van der Waals surface area contributed by atoms with E-state index in [1.54, 1.807) is 0 Å². The second-order valence-corrected chi connectivity index (χ2v) is 8.00. The van der Waals surface area contributed by atoms with Crippen LogP contribution in [0.1, 0.15) is 32.1 Å². The standard InChI is InChI=1S/C16H24N4O4S/c21-11-25-15(12-1-6-17-7-2-12)18-19-16(25)20-8-3-13(4-9-20)24-10-5-14(22)23/h12-13,17H,1-10H2,(H,22,23). The molecule has 0 aromatic carbocycles. The van der Waals surface area contributed by atoms with Crippen LogP contribution in [-0.2, 0) is 14.3 Å². The molecule has 0 aromatic heterocycles. The highest BCUT2D eigenvalue weighted by atomic mass is 32.2. The number of ether oxygens (including phenoxy) is 1. The minimum atomic E-state index is -0.842. The second-order valence-electron chi connectivity index (χ2n) is 6.44. The lowest BCUT2D eigenvalue weighted by molar-refractivity contribution is -0.138. The number of likely N-dealkylation sites (tertiary alicyclic amines) is 1. The molecule has 0 aromatic rings. The summed E-state index contributed by atoms with van der Waals surface area (Å²) in [5.74, 6) is -0.518. The monoisotopic (exact) mass is 368 g/mol. The van der Waals surface area contributed by atoms with Gasteiger partial charge in [-0.1, -0.05) is 0 Å². The number of carbonyl (C=O) groups is 1. The fourth-order valence-corrected chi connectivity index (χ4v) is 4.99. The van der Waals surface area contributed by atoms with Gasteiger partial charge in [0.2, 0.25) is 0 Å². The van der Waals surface area contributed by atoms with Crippen molar-refractivity contribution in [3.05, 3.63) is 0 Å². The van der Waals surface area contributed by atoms with Crippen molar-refractivity contribution in [2.24, 2.45) is 16.1 Å². The van der Waals surface area contributed by atoms with Gasteiger partial charge in [0.15, 0.2) is 10.4 Å². The Balaban J connectivity index is 1.52. The highest BCUT2D eigenvalue weighted by Crippen LogP contribution is 2.34. The first-order valence-electron chi connectivity index (χ1n) is 8.75. The highest BCUT2D eigenvalue weighted by molar-refractivity contribution is 8.39. The minimum Gasteiger partial charge on any atom is -0.481 e. The molecule has 0 radical (unpaired) electrons. The number of rotatable bonds is 5. The van der Waals surface area contributed by atoms with Crippen LogP contribution in [0.4, 0.5) is 0 Å². The Morgan fingerprint density at radius 3 is 2.64 bits per heavy atom. The summed E-state index contributed by atoms with van der Waals surface area (Å²) in [5.41, 5.74) is 0. The van der Waals surface area contributed by atoms with Gasteiger partial charge in [-0.05, 0) is 38.8 Å². The maximum atomic E-state index is 11.6. The second kappa shape index (κ2) is 8.71. The van der Waals surface area contributed by atoms with Crippen molar-refractivity contribution in [2.75, 3.05) is 32.8 Å². The lowest BCUT2D eigenvalue weighted by atomic mass is 10.00. The van der Waals surface area contributed by atoms with Gasteiger partial charge in [0, 0.05) is 29.5 Å². The molecule has 3 aliphatic heterocycles. The molecule has 0 spiro atoms. The number of aliphatic carboxylic acids is 1. The van der Waals surface area contributed by atoms with E-state index in [4.69, 9.17) is 9.84 Å². The molecule has 0 saturated carbocycles. The Hall–Kier alpha value is -1.54. The minimum absolute atomic E-state index is 0.0317. The summed E-state index contributed by atoms with van der Waals surface area (Å²) in [5, 5.41) is 24.5. The van der Waals surface area contributed by atoms with Gasteiger partial charge in [-0.25, -0.2) is 4.79 Å². The Bertz CT molecular complexity index is 616. The molecule has 2 saturated heterocycles. The smallest absolute Gasteiger partial charge is 0.305 e. The summed E-state index contributed by atoms with van der Waals surface area (Å²) in [6, 6.07) is 0. The molecule has 138 valence electrons. The lowest BCUT2D eigenvalue weighted by Crippen LogP contribution is -2.40. The van der Waals surface area contributed by atoms with Crippen molar-refractivity contribution >= 4 is 31.9 Å². The van der Waals surface area contributed by atoms with Crippen molar-refractivity contribution in [3.63, 3.8) is 0 Å². The number of piperidine rings is 2. The van der Waals surface area contributed by atoms with Gasteiger partial charge in [-0.2, -0.15) is 0 Å². The van der Waals surface area contributed by atoms with E-state index < -0.39 is 16.5 Å². The van der Waals surface area contributed by atoms with Crippen LogP contribution in [0.2, 0.25) is 0 Å². The van der Waals surface area contributed by atoms with Gasteiger partial charge >= 0.3 is 5.97 Å². The summed E-state index contributed by atoms with van der Waals surface area (Å²) in [7, 11) is -0.754. The van der Waals surface area contributed by atoms with Crippen LogP contribution in [0.5, 0.6) is 0 Å². The molecule has 0 amide bonds. The molecule has 3 rings (SSSR count). The number of nitrogens with one attached hydrogen (secondary N) is 1. The van der Waals surface area contributed by atoms with Crippen molar-refractivity contribution in [3.8, 4) is 0 Å². The molecule has 9 heteroatoms. The molecule has 3 aliphatic rings. The number of nitrogens with zero attached hydrogens (tertiary/aromatic N) is 3. The lowest BCUT2D eigenvalue weighted by Gasteiger charge is -2.33. The highest BCUT2D eigenvalue weighted by Gasteiger charge is 2.33. The van der Waals surface area contributed by atoms with E-state index >= 15 is 0 Å². The SMILES string of the molecule is O=C=S1C(C2CCNCC2)=NN=C1N1CCC(OCCC(=O)O)CC1. The Kier molecular flexibility index (Phi) is 6.36. The maximum Gasteiger partial charge on any atom is 0.305 e. The first-order chi connectivity index (χ1) is 12.2. The van der Waals surface area contributed by atoms with Crippen molar-refractivity contribution < 1.29 is 19.4 Å². The van der Waals surface area contributed by atoms with Crippen LogP contribution in [-0.4, -0.2) is 70.3 Å². The zero-order chi connectivity index (χ0) is 17.6. The normalized spacial score (nSPS) is 25.4. The molecule has 3 heterocycles. The van der Waals surface area contributed by atoms with Gasteiger partial charge in [-0.3, -0.25) is 4.79 Å². The molecular weight excluding hydrogens is 344 g/mol. The van der Waals surface area contributed by atoms with Gasteiger partial charge in [0.25, 0.3) is 0 Å². The third-order valence-corrected chi connectivity index (χ3v) is 6.48. The summed E-state index contributed by atoms with van der Waals surface area (Å²) < 4.78 is 5.62. The van der Waals surface area contributed by atoms with E-state index in [0.717, 1.165) is 62.1 Å².